The lowest BCUT2D eigenvalue weighted by Crippen LogP contribution is -2.48. The minimum atomic E-state index is -0.255. The van der Waals surface area contributed by atoms with E-state index in [-0.39, 0.29) is 23.8 Å². The first-order valence-electron chi connectivity index (χ1n) is 9.04. The molecule has 1 N–H and O–H groups in total. The van der Waals surface area contributed by atoms with Crippen LogP contribution in [0.5, 0.6) is 0 Å². The van der Waals surface area contributed by atoms with Crippen LogP contribution >= 0.6 is 15.9 Å². The normalized spacial score (nSPS) is 22.6. The number of nitrogens with zero attached hydrogens (tertiary/aromatic N) is 2. The molecule has 2 amide bonds. The first-order valence-corrected chi connectivity index (χ1v) is 9.83. The van der Waals surface area contributed by atoms with Crippen LogP contribution in [0.15, 0.2) is 28.7 Å². The van der Waals surface area contributed by atoms with E-state index in [1.54, 1.807) is 4.90 Å². The van der Waals surface area contributed by atoms with Gasteiger partial charge in [0.05, 0.1) is 5.92 Å². The van der Waals surface area contributed by atoms with Crippen molar-refractivity contribution >= 4 is 33.4 Å². The Balaban J connectivity index is 1.55. The maximum absolute atomic E-state index is 12.6. The topological polar surface area (TPSA) is 52.7 Å². The number of amides is 2. The van der Waals surface area contributed by atoms with Crippen LogP contribution in [0.4, 0.5) is 5.69 Å². The SMILES string of the molecule is CC(C)N1CCC(NC(=O)[C@@H]2CC(=O)N(c3cccc(Br)c3)C2)CC1. The van der Waals surface area contributed by atoms with Crippen molar-refractivity contribution in [3.8, 4) is 0 Å². The van der Waals surface area contributed by atoms with Gasteiger partial charge in [0.1, 0.15) is 0 Å². The van der Waals surface area contributed by atoms with Crippen LogP contribution in [0.25, 0.3) is 0 Å². The molecule has 2 aliphatic heterocycles. The number of likely N-dealkylation sites (tertiary alicyclic amines) is 1. The van der Waals surface area contributed by atoms with Gasteiger partial charge in [-0.3, -0.25) is 9.59 Å². The molecule has 2 aliphatic rings. The predicted octanol–water partition coefficient (Wildman–Crippen LogP) is 2.79. The summed E-state index contributed by atoms with van der Waals surface area (Å²) in [6, 6.07) is 8.45. The van der Waals surface area contributed by atoms with Crippen molar-refractivity contribution in [3.05, 3.63) is 28.7 Å². The van der Waals surface area contributed by atoms with Crippen molar-refractivity contribution in [2.24, 2.45) is 5.92 Å². The van der Waals surface area contributed by atoms with Gasteiger partial charge < -0.3 is 15.1 Å². The minimum absolute atomic E-state index is 0.0212. The third-order valence-electron chi connectivity index (χ3n) is 5.22. The molecule has 0 radical (unpaired) electrons. The molecule has 3 rings (SSSR count). The van der Waals surface area contributed by atoms with E-state index in [4.69, 9.17) is 0 Å². The molecule has 0 unspecified atom stereocenters. The van der Waals surface area contributed by atoms with Crippen molar-refractivity contribution in [2.45, 2.75) is 45.2 Å². The molecule has 0 bridgehead atoms. The standard InChI is InChI=1S/C19H26BrN3O2/c1-13(2)22-8-6-16(7-9-22)21-19(25)14-10-18(24)23(12-14)17-5-3-4-15(20)11-17/h3-5,11,13-14,16H,6-10,12H2,1-2H3,(H,21,25)/t14-/m1/s1. The largest absolute Gasteiger partial charge is 0.353 e. The number of piperidine rings is 1. The van der Waals surface area contributed by atoms with Crippen LogP contribution < -0.4 is 10.2 Å². The molecule has 1 atom stereocenters. The summed E-state index contributed by atoms with van der Waals surface area (Å²) < 4.78 is 0.933. The Morgan fingerprint density at radius 3 is 2.64 bits per heavy atom. The van der Waals surface area contributed by atoms with E-state index in [1.807, 2.05) is 24.3 Å². The predicted molar refractivity (Wildman–Crippen MR) is 102 cm³/mol. The summed E-state index contributed by atoms with van der Waals surface area (Å²) in [6.45, 7) is 6.93. The van der Waals surface area contributed by atoms with Crippen molar-refractivity contribution < 1.29 is 9.59 Å². The van der Waals surface area contributed by atoms with Gasteiger partial charge in [0.25, 0.3) is 0 Å². The van der Waals surface area contributed by atoms with Crippen LogP contribution in [-0.2, 0) is 9.59 Å². The van der Waals surface area contributed by atoms with Gasteiger partial charge in [-0.1, -0.05) is 22.0 Å². The molecule has 5 nitrogen and oxygen atoms in total. The Morgan fingerprint density at radius 1 is 1.28 bits per heavy atom. The average molecular weight is 408 g/mol. The number of carbonyl (C=O) groups excluding carboxylic acids is 2. The number of hydrogen-bond acceptors (Lipinski definition) is 3. The average Bonchev–Trinajstić information content (AvgIpc) is 2.97. The molecule has 1 aromatic carbocycles. The lowest BCUT2D eigenvalue weighted by atomic mass is 10.0. The van der Waals surface area contributed by atoms with Crippen LogP contribution in [-0.4, -0.2) is 48.4 Å². The Kier molecular flexibility index (Phi) is 5.79. The summed E-state index contributed by atoms with van der Waals surface area (Å²) in [7, 11) is 0. The van der Waals surface area contributed by atoms with E-state index in [9.17, 15) is 9.59 Å². The van der Waals surface area contributed by atoms with E-state index in [0.29, 0.717) is 19.0 Å². The van der Waals surface area contributed by atoms with Crippen molar-refractivity contribution in [2.75, 3.05) is 24.5 Å². The van der Waals surface area contributed by atoms with E-state index >= 15 is 0 Å². The van der Waals surface area contributed by atoms with Gasteiger partial charge in [0.2, 0.25) is 11.8 Å². The maximum atomic E-state index is 12.6. The molecule has 2 fully saturated rings. The van der Waals surface area contributed by atoms with Gasteiger partial charge >= 0.3 is 0 Å². The van der Waals surface area contributed by atoms with Crippen molar-refractivity contribution in [3.63, 3.8) is 0 Å². The fourth-order valence-corrected chi connectivity index (χ4v) is 4.04. The van der Waals surface area contributed by atoms with E-state index in [2.05, 4.69) is 40.0 Å². The maximum Gasteiger partial charge on any atom is 0.227 e. The Hall–Kier alpha value is -1.40. The first kappa shape index (κ1) is 18.4. The highest BCUT2D eigenvalue weighted by atomic mass is 79.9. The van der Waals surface area contributed by atoms with Crippen LogP contribution in [0, 0.1) is 5.92 Å². The molecular weight excluding hydrogens is 382 g/mol. The van der Waals surface area contributed by atoms with Gasteiger partial charge in [-0.05, 0) is 44.9 Å². The first-order chi connectivity index (χ1) is 11.9. The van der Waals surface area contributed by atoms with Gasteiger partial charge in [-0.15, -0.1) is 0 Å². The van der Waals surface area contributed by atoms with Gasteiger partial charge in [0.15, 0.2) is 0 Å². The molecular formula is C19H26BrN3O2. The summed E-state index contributed by atoms with van der Waals surface area (Å²) >= 11 is 3.43. The van der Waals surface area contributed by atoms with Gasteiger partial charge in [0, 0.05) is 48.3 Å². The third-order valence-corrected chi connectivity index (χ3v) is 5.72. The smallest absolute Gasteiger partial charge is 0.227 e. The quantitative estimate of drug-likeness (QED) is 0.834. The zero-order valence-electron chi connectivity index (χ0n) is 14.9. The van der Waals surface area contributed by atoms with Crippen LogP contribution in [0.1, 0.15) is 33.1 Å². The molecule has 0 saturated carbocycles. The number of nitrogens with one attached hydrogen (secondary N) is 1. The third kappa shape index (κ3) is 4.42. The fraction of sp³-hybridized carbons (Fsp3) is 0.579. The fourth-order valence-electron chi connectivity index (χ4n) is 3.66. The highest BCUT2D eigenvalue weighted by Crippen LogP contribution is 2.27. The Labute approximate surface area is 157 Å². The van der Waals surface area contributed by atoms with Gasteiger partial charge in [-0.25, -0.2) is 0 Å². The second-order valence-corrected chi connectivity index (χ2v) is 8.21. The Morgan fingerprint density at radius 2 is 2.00 bits per heavy atom. The molecule has 6 heteroatoms. The number of hydrogen-bond donors (Lipinski definition) is 1. The summed E-state index contributed by atoms with van der Waals surface area (Å²) in [4.78, 5) is 29.1. The summed E-state index contributed by atoms with van der Waals surface area (Å²) in [5.41, 5.74) is 0.847. The minimum Gasteiger partial charge on any atom is -0.353 e. The lowest BCUT2D eigenvalue weighted by Gasteiger charge is -2.35. The number of halogens is 1. The molecule has 0 aliphatic carbocycles. The monoisotopic (exact) mass is 407 g/mol. The number of rotatable bonds is 4. The molecule has 2 heterocycles. The van der Waals surface area contributed by atoms with Crippen LogP contribution in [0.3, 0.4) is 0 Å². The highest BCUT2D eigenvalue weighted by Gasteiger charge is 2.36. The molecule has 2 saturated heterocycles. The van der Waals surface area contributed by atoms with Crippen molar-refractivity contribution in [1.82, 2.24) is 10.2 Å². The molecule has 25 heavy (non-hydrogen) atoms. The zero-order chi connectivity index (χ0) is 18.0. The summed E-state index contributed by atoms with van der Waals surface area (Å²) in [6.07, 6.45) is 2.27. The van der Waals surface area contributed by atoms with E-state index < -0.39 is 0 Å². The highest BCUT2D eigenvalue weighted by molar-refractivity contribution is 9.10. The molecule has 1 aromatic rings. The second kappa shape index (κ2) is 7.87. The lowest BCUT2D eigenvalue weighted by molar-refractivity contribution is -0.127. The summed E-state index contributed by atoms with van der Waals surface area (Å²) in [5, 5.41) is 3.17. The number of carbonyl (C=O) groups is 2. The zero-order valence-corrected chi connectivity index (χ0v) is 16.5. The Bertz CT molecular complexity index is 641. The summed E-state index contributed by atoms with van der Waals surface area (Å²) in [5.74, 6) is -0.212. The van der Waals surface area contributed by atoms with E-state index in [1.165, 1.54) is 0 Å². The van der Waals surface area contributed by atoms with E-state index in [0.717, 1.165) is 36.1 Å². The van der Waals surface area contributed by atoms with Crippen LogP contribution in [0.2, 0.25) is 0 Å². The number of anilines is 1. The second-order valence-electron chi connectivity index (χ2n) is 7.30. The molecule has 0 aromatic heterocycles. The van der Waals surface area contributed by atoms with Crippen molar-refractivity contribution in [1.29, 1.82) is 0 Å². The molecule has 0 spiro atoms. The number of benzene rings is 1. The molecule has 136 valence electrons. The van der Waals surface area contributed by atoms with Gasteiger partial charge in [-0.2, -0.15) is 0 Å².